The Morgan fingerprint density at radius 1 is 1.07 bits per heavy atom. The van der Waals surface area contributed by atoms with Crippen LogP contribution in [0, 0.1) is 0 Å². The molecule has 2 saturated heterocycles. The first-order chi connectivity index (χ1) is 13.0. The van der Waals surface area contributed by atoms with Crippen LogP contribution in [0.15, 0.2) is 24.3 Å². The summed E-state index contributed by atoms with van der Waals surface area (Å²) in [7, 11) is 0. The predicted octanol–water partition coefficient (Wildman–Crippen LogP) is 3.51. The Morgan fingerprint density at radius 3 is 2.56 bits per heavy atom. The summed E-state index contributed by atoms with van der Waals surface area (Å²) in [6, 6.07) is 8.51. The molecule has 0 saturated carbocycles. The smallest absolute Gasteiger partial charge is 0.238 e. The maximum atomic E-state index is 12.2. The fraction of sp³-hybridized carbons (Fsp3) is 0.600. The molecule has 0 aliphatic carbocycles. The highest BCUT2D eigenvalue weighted by molar-refractivity contribution is 8.01. The van der Waals surface area contributed by atoms with Gasteiger partial charge in [-0.2, -0.15) is 4.37 Å². The standard InChI is InChI=1S/C20H28N4OS2/c1-20(2)19(25)24(15-26-20)10-6-5-9-22-11-13-23(14-12-22)18-16-7-3-4-8-17(16)27-21-18/h3-4,7-8H,5-6,9-15H2,1-2H3. The second-order valence-electron chi connectivity index (χ2n) is 7.89. The van der Waals surface area contributed by atoms with Gasteiger partial charge in [0.25, 0.3) is 0 Å². The van der Waals surface area contributed by atoms with Crippen LogP contribution in [0.2, 0.25) is 0 Å². The second-order valence-corrected chi connectivity index (χ2v) is 10.3. The maximum absolute atomic E-state index is 12.2. The zero-order valence-electron chi connectivity index (χ0n) is 16.2. The van der Waals surface area contributed by atoms with Crippen molar-refractivity contribution in [2.24, 2.45) is 0 Å². The third-order valence-corrected chi connectivity index (χ3v) is 7.72. The van der Waals surface area contributed by atoms with Crippen LogP contribution in [0.25, 0.3) is 10.1 Å². The molecule has 2 aliphatic heterocycles. The molecular weight excluding hydrogens is 376 g/mol. The predicted molar refractivity (Wildman–Crippen MR) is 116 cm³/mol. The zero-order valence-corrected chi connectivity index (χ0v) is 17.8. The Hall–Kier alpha value is -1.31. The average molecular weight is 405 g/mol. The molecule has 5 nitrogen and oxygen atoms in total. The number of thioether (sulfide) groups is 1. The van der Waals surface area contributed by atoms with Gasteiger partial charge in [0, 0.05) is 38.1 Å². The summed E-state index contributed by atoms with van der Waals surface area (Å²) >= 11 is 3.35. The van der Waals surface area contributed by atoms with Gasteiger partial charge in [0.2, 0.25) is 5.91 Å². The molecule has 0 spiro atoms. The van der Waals surface area contributed by atoms with Crippen LogP contribution in [0.4, 0.5) is 5.82 Å². The van der Waals surface area contributed by atoms with Crippen molar-refractivity contribution in [3.8, 4) is 0 Å². The number of anilines is 1. The maximum Gasteiger partial charge on any atom is 0.238 e. The number of rotatable bonds is 6. The Kier molecular flexibility index (Phi) is 5.62. The van der Waals surface area contributed by atoms with Crippen molar-refractivity contribution in [3.63, 3.8) is 0 Å². The van der Waals surface area contributed by atoms with Gasteiger partial charge in [-0.25, -0.2) is 0 Å². The largest absolute Gasteiger partial charge is 0.353 e. The Labute approximate surface area is 169 Å². The minimum Gasteiger partial charge on any atom is -0.353 e. The first kappa shape index (κ1) is 19.0. The molecule has 3 heterocycles. The Morgan fingerprint density at radius 2 is 1.81 bits per heavy atom. The fourth-order valence-electron chi connectivity index (χ4n) is 3.83. The molecule has 27 heavy (non-hydrogen) atoms. The van der Waals surface area contributed by atoms with Gasteiger partial charge in [-0.1, -0.05) is 12.1 Å². The molecule has 0 N–H and O–H groups in total. The molecular formula is C20H28N4OS2. The number of amides is 1. The Balaban J connectivity index is 1.20. The normalized spacial score (nSPS) is 20.7. The molecule has 1 amide bonds. The summed E-state index contributed by atoms with van der Waals surface area (Å²) in [6.07, 6.45) is 2.26. The van der Waals surface area contributed by atoms with Crippen molar-refractivity contribution < 1.29 is 4.79 Å². The number of aromatic nitrogens is 1. The van der Waals surface area contributed by atoms with E-state index in [0.29, 0.717) is 5.91 Å². The lowest BCUT2D eigenvalue weighted by Crippen LogP contribution is -2.46. The van der Waals surface area contributed by atoms with E-state index in [4.69, 9.17) is 4.37 Å². The highest BCUT2D eigenvalue weighted by atomic mass is 32.2. The number of fused-ring (bicyclic) bond motifs is 1. The summed E-state index contributed by atoms with van der Waals surface area (Å²) in [5, 5.41) is 1.28. The lowest BCUT2D eigenvalue weighted by molar-refractivity contribution is -0.130. The van der Waals surface area contributed by atoms with Gasteiger partial charge in [0.05, 0.1) is 15.3 Å². The van der Waals surface area contributed by atoms with Crippen LogP contribution in [-0.4, -0.2) is 70.0 Å². The number of carbonyl (C=O) groups excluding carboxylic acids is 1. The van der Waals surface area contributed by atoms with Crippen LogP contribution < -0.4 is 4.90 Å². The van der Waals surface area contributed by atoms with Crippen LogP contribution in [0.3, 0.4) is 0 Å². The summed E-state index contributed by atoms with van der Waals surface area (Å²) in [5.41, 5.74) is 0. The second kappa shape index (κ2) is 7.97. The molecule has 0 unspecified atom stereocenters. The molecule has 1 aromatic heterocycles. The van der Waals surface area contributed by atoms with Gasteiger partial charge in [0.15, 0.2) is 0 Å². The van der Waals surface area contributed by atoms with E-state index >= 15 is 0 Å². The number of piperazine rings is 1. The van der Waals surface area contributed by atoms with Crippen LogP contribution in [-0.2, 0) is 4.79 Å². The molecule has 2 fully saturated rings. The molecule has 1 aromatic carbocycles. The van der Waals surface area contributed by atoms with E-state index in [9.17, 15) is 4.79 Å². The molecule has 2 aromatic rings. The molecule has 146 valence electrons. The van der Waals surface area contributed by atoms with Crippen molar-refractivity contribution in [1.82, 2.24) is 14.2 Å². The highest BCUT2D eigenvalue weighted by Crippen LogP contribution is 2.34. The van der Waals surface area contributed by atoms with E-state index in [1.54, 1.807) is 23.3 Å². The first-order valence-corrected chi connectivity index (χ1v) is 11.6. The van der Waals surface area contributed by atoms with E-state index in [2.05, 4.69) is 34.1 Å². The summed E-state index contributed by atoms with van der Waals surface area (Å²) in [6.45, 7) is 10.4. The lowest BCUT2D eigenvalue weighted by Gasteiger charge is -2.35. The van der Waals surface area contributed by atoms with Crippen molar-refractivity contribution in [2.75, 3.05) is 50.0 Å². The minimum absolute atomic E-state index is 0.226. The van der Waals surface area contributed by atoms with E-state index < -0.39 is 0 Å². The topological polar surface area (TPSA) is 39.7 Å². The average Bonchev–Trinajstić information content (AvgIpc) is 3.21. The lowest BCUT2D eigenvalue weighted by atomic mass is 10.1. The fourth-order valence-corrected chi connectivity index (χ4v) is 5.60. The molecule has 0 radical (unpaired) electrons. The van der Waals surface area contributed by atoms with Gasteiger partial charge in [-0.3, -0.25) is 9.69 Å². The first-order valence-electron chi connectivity index (χ1n) is 9.80. The number of unbranched alkanes of at least 4 members (excludes halogenated alkanes) is 1. The third-order valence-electron chi connectivity index (χ3n) is 5.57. The number of carbonyl (C=O) groups is 1. The third kappa shape index (κ3) is 4.10. The minimum atomic E-state index is -0.226. The van der Waals surface area contributed by atoms with Crippen LogP contribution in [0.5, 0.6) is 0 Å². The van der Waals surface area contributed by atoms with Gasteiger partial charge < -0.3 is 9.80 Å². The molecule has 4 rings (SSSR count). The van der Waals surface area contributed by atoms with Gasteiger partial charge in [0.1, 0.15) is 5.82 Å². The van der Waals surface area contributed by atoms with Crippen molar-refractivity contribution in [1.29, 1.82) is 0 Å². The number of hydrogen-bond acceptors (Lipinski definition) is 6. The number of nitrogens with zero attached hydrogens (tertiary/aromatic N) is 4. The monoisotopic (exact) mass is 404 g/mol. The summed E-state index contributed by atoms with van der Waals surface area (Å²) < 4.78 is 5.74. The van der Waals surface area contributed by atoms with Crippen molar-refractivity contribution in [2.45, 2.75) is 31.4 Å². The van der Waals surface area contributed by atoms with E-state index in [1.807, 2.05) is 18.7 Å². The van der Waals surface area contributed by atoms with Gasteiger partial charge >= 0.3 is 0 Å². The molecule has 0 bridgehead atoms. The van der Waals surface area contributed by atoms with Crippen LogP contribution >= 0.6 is 23.3 Å². The van der Waals surface area contributed by atoms with E-state index in [1.165, 1.54) is 10.1 Å². The highest BCUT2D eigenvalue weighted by Gasteiger charge is 2.38. The van der Waals surface area contributed by atoms with Gasteiger partial charge in [-0.15, -0.1) is 11.8 Å². The Bertz CT molecular complexity index is 798. The van der Waals surface area contributed by atoms with E-state index in [0.717, 1.165) is 63.8 Å². The zero-order chi connectivity index (χ0) is 18.9. The van der Waals surface area contributed by atoms with Crippen LogP contribution in [0.1, 0.15) is 26.7 Å². The van der Waals surface area contributed by atoms with E-state index in [-0.39, 0.29) is 4.75 Å². The number of benzene rings is 1. The quantitative estimate of drug-likeness (QED) is 0.689. The molecule has 2 aliphatic rings. The summed E-state index contributed by atoms with van der Waals surface area (Å²) in [4.78, 5) is 19.3. The van der Waals surface area contributed by atoms with Crippen molar-refractivity contribution in [3.05, 3.63) is 24.3 Å². The number of hydrogen-bond donors (Lipinski definition) is 0. The summed E-state index contributed by atoms with van der Waals surface area (Å²) in [5.74, 6) is 2.31. The van der Waals surface area contributed by atoms with Gasteiger partial charge in [-0.05, 0) is 56.9 Å². The molecule has 7 heteroatoms. The SMILES string of the molecule is CC1(C)SCN(CCCCN2CCN(c3nsc4ccccc34)CC2)C1=O. The van der Waals surface area contributed by atoms with Crippen molar-refractivity contribution >= 4 is 45.1 Å². The molecule has 0 atom stereocenters.